The van der Waals surface area contributed by atoms with Crippen LogP contribution < -0.4 is 0 Å². The Kier molecular flexibility index (Phi) is 4.11. The molecule has 0 N–H and O–H groups in total. The lowest BCUT2D eigenvalue weighted by atomic mass is 9.88. The van der Waals surface area contributed by atoms with Gasteiger partial charge < -0.3 is 0 Å². The van der Waals surface area contributed by atoms with E-state index in [-0.39, 0.29) is 17.5 Å². The topological polar surface area (TPSA) is 20.3 Å². The molecule has 1 fully saturated rings. The van der Waals surface area contributed by atoms with E-state index in [1.165, 1.54) is 17.7 Å². The molecule has 2 aromatic carbocycles. The van der Waals surface area contributed by atoms with Crippen LogP contribution in [0.1, 0.15) is 23.5 Å². The molecule has 2 aromatic rings. The van der Waals surface area contributed by atoms with Gasteiger partial charge in [-0.05, 0) is 36.2 Å². The normalized spacial score (nSPS) is 19.7. The van der Waals surface area contributed by atoms with E-state index in [0.29, 0.717) is 6.54 Å². The minimum absolute atomic E-state index is 0.0855. The second kappa shape index (κ2) is 6.19. The smallest absolute Gasteiger partial charge is 0.154 e. The third-order valence-electron chi connectivity index (χ3n) is 4.02. The van der Waals surface area contributed by atoms with E-state index in [4.69, 9.17) is 0 Å². The van der Waals surface area contributed by atoms with E-state index in [0.717, 1.165) is 25.1 Å². The minimum Gasteiger partial charge on any atom is -0.298 e. The molecule has 1 aliphatic rings. The number of rotatable bonds is 3. The van der Waals surface area contributed by atoms with Crippen LogP contribution in [0, 0.1) is 5.82 Å². The van der Waals surface area contributed by atoms with Crippen molar-refractivity contribution in [2.75, 3.05) is 13.1 Å². The molecule has 108 valence electrons. The molecule has 1 unspecified atom stereocenters. The standard InChI is InChI=1S/C18H18FNO/c19-16-8-6-15(7-9-16)17-10-11-20(13-18(17)21)12-14-4-2-1-3-5-14/h1-9,17H,10-13H2. The van der Waals surface area contributed by atoms with Crippen LogP contribution in [0.3, 0.4) is 0 Å². The number of nitrogens with zero attached hydrogens (tertiary/aromatic N) is 1. The highest BCUT2D eigenvalue weighted by molar-refractivity contribution is 5.88. The molecule has 0 aromatic heterocycles. The SMILES string of the molecule is O=C1CN(Cc2ccccc2)CCC1c1ccc(F)cc1. The molecule has 1 aliphatic heterocycles. The molecule has 0 amide bonds. The molecule has 3 heteroatoms. The van der Waals surface area contributed by atoms with Crippen LogP contribution in [-0.4, -0.2) is 23.8 Å². The van der Waals surface area contributed by atoms with Gasteiger partial charge in [0, 0.05) is 12.5 Å². The number of halogens is 1. The summed E-state index contributed by atoms with van der Waals surface area (Å²) >= 11 is 0. The lowest BCUT2D eigenvalue weighted by Gasteiger charge is -2.31. The number of piperidine rings is 1. The summed E-state index contributed by atoms with van der Waals surface area (Å²) in [5.41, 5.74) is 2.16. The van der Waals surface area contributed by atoms with Crippen LogP contribution in [-0.2, 0) is 11.3 Å². The molecule has 21 heavy (non-hydrogen) atoms. The number of ketones is 1. The van der Waals surface area contributed by atoms with Crippen molar-refractivity contribution in [1.29, 1.82) is 0 Å². The van der Waals surface area contributed by atoms with Crippen molar-refractivity contribution >= 4 is 5.78 Å². The first-order chi connectivity index (χ1) is 10.2. The van der Waals surface area contributed by atoms with Gasteiger partial charge >= 0.3 is 0 Å². The Hall–Kier alpha value is -2.00. The highest BCUT2D eigenvalue weighted by Gasteiger charge is 2.28. The second-order valence-corrected chi connectivity index (χ2v) is 5.56. The van der Waals surface area contributed by atoms with Crippen LogP contribution in [0.5, 0.6) is 0 Å². The van der Waals surface area contributed by atoms with E-state index in [9.17, 15) is 9.18 Å². The van der Waals surface area contributed by atoms with Crippen LogP contribution in [0.25, 0.3) is 0 Å². The Balaban J connectivity index is 1.64. The number of likely N-dealkylation sites (tertiary alicyclic amines) is 1. The van der Waals surface area contributed by atoms with Crippen molar-refractivity contribution in [3.63, 3.8) is 0 Å². The van der Waals surface area contributed by atoms with Gasteiger partial charge in [0.2, 0.25) is 0 Å². The average molecular weight is 283 g/mol. The molecular weight excluding hydrogens is 265 g/mol. The molecule has 3 rings (SSSR count). The van der Waals surface area contributed by atoms with Crippen molar-refractivity contribution in [3.8, 4) is 0 Å². The van der Waals surface area contributed by atoms with E-state index >= 15 is 0 Å². The fourth-order valence-electron chi connectivity index (χ4n) is 2.91. The monoisotopic (exact) mass is 283 g/mol. The summed E-state index contributed by atoms with van der Waals surface area (Å²) in [7, 11) is 0. The first-order valence-corrected chi connectivity index (χ1v) is 7.27. The van der Waals surface area contributed by atoms with Crippen molar-refractivity contribution in [3.05, 3.63) is 71.5 Å². The third-order valence-corrected chi connectivity index (χ3v) is 4.02. The first-order valence-electron chi connectivity index (χ1n) is 7.27. The second-order valence-electron chi connectivity index (χ2n) is 5.56. The first kappa shape index (κ1) is 14.0. The average Bonchev–Trinajstić information content (AvgIpc) is 2.50. The molecule has 0 spiro atoms. The Morgan fingerprint density at radius 1 is 1.05 bits per heavy atom. The van der Waals surface area contributed by atoms with E-state index in [1.54, 1.807) is 12.1 Å². The fourth-order valence-corrected chi connectivity index (χ4v) is 2.91. The summed E-state index contributed by atoms with van der Waals surface area (Å²) in [6.45, 7) is 2.17. The number of hydrogen-bond donors (Lipinski definition) is 0. The number of carbonyl (C=O) groups excluding carboxylic acids is 1. The van der Waals surface area contributed by atoms with Crippen molar-refractivity contribution in [1.82, 2.24) is 4.90 Å². The van der Waals surface area contributed by atoms with Gasteiger partial charge in [-0.1, -0.05) is 42.5 Å². The van der Waals surface area contributed by atoms with Gasteiger partial charge in [0.25, 0.3) is 0 Å². The summed E-state index contributed by atoms with van der Waals surface area (Å²) in [5.74, 6) is -0.117. The lowest BCUT2D eigenvalue weighted by Crippen LogP contribution is -2.39. The summed E-state index contributed by atoms with van der Waals surface area (Å²) in [6.07, 6.45) is 0.803. The largest absolute Gasteiger partial charge is 0.298 e. The summed E-state index contributed by atoms with van der Waals surface area (Å²) in [4.78, 5) is 14.5. The molecule has 0 aliphatic carbocycles. The minimum atomic E-state index is -0.257. The highest BCUT2D eigenvalue weighted by Crippen LogP contribution is 2.26. The van der Waals surface area contributed by atoms with Crippen molar-refractivity contribution < 1.29 is 9.18 Å². The van der Waals surface area contributed by atoms with Gasteiger partial charge in [0.1, 0.15) is 5.82 Å². The maximum atomic E-state index is 13.0. The molecular formula is C18H18FNO. The number of benzene rings is 2. The van der Waals surface area contributed by atoms with Gasteiger partial charge in [0.05, 0.1) is 6.54 Å². The van der Waals surface area contributed by atoms with Crippen LogP contribution in [0.4, 0.5) is 4.39 Å². The summed E-state index contributed by atoms with van der Waals surface area (Å²) < 4.78 is 13.0. The lowest BCUT2D eigenvalue weighted by molar-refractivity contribution is -0.124. The van der Waals surface area contributed by atoms with Gasteiger partial charge in [-0.25, -0.2) is 4.39 Å². The predicted molar refractivity (Wildman–Crippen MR) is 80.5 cm³/mol. The van der Waals surface area contributed by atoms with Gasteiger partial charge in [-0.2, -0.15) is 0 Å². The maximum Gasteiger partial charge on any atom is 0.154 e. The Morgan fingerprint density at radius 2 is 1.76 bits per heavy atom. The predicted octanol–water partition coefficient (Wildman–Crippen LogP) is 3.38. The number of carbonyl (C=O) groups is 1. The Morgan fingerprint density at radius 3 is 2.43 bits per heavy atom. The quantitative estimate of drug-likeness (QED) is 0.860. The molecule has 1 atom stereocenters. The van der Waals surface area contributed by atoms with Crippen LogP contribution >= 0.6 is 0 Å². The molecule has 2 nitrogen and oxygen atoms in total. The van der Waals surface area contributed by atoms with E-state index in [1.807, 2.05) is 18.2 Å². The molecule has 1 heterocycles. The van der Waals surface area contributed by atoms with Crippen LogP contribution in [0.15, 0.2) is 54.6 Å². The fraction of sp³-hybridized carbons (Fsp3) is 0.278. The summed E-state index contributed by atoms with van der Waals surface area (Å²) in [5, 5.41) is 0. The van der Waals surface area contributed by atoms with Gasteiger partial charge in [0.15, 0.2) is 5.78 Å². The zero-order chi connectivity index (χ0) is 14.7. The molecule has 0 saturated carbocycles. The van der Waals surface area contributed by atoms with E-state index < -0.39 is 0 Å². The Bertz CT molecular complexity index is 609. The zero-order valence-electron chi connectivity index (χ0n) is 11.8. The maximum absolute atomic E-state index is 13.0. The van der Waals surface area contributed by atoms with E-state index in [2.05, 4.69) is 17.0 Å². The molecule has 0 radical (unpaired) electrons. The third kappa shape index (κ3) is 3.37. The molecule has 0 bridgehead atoms. The van der Waals surface area contributed by atoms with Crippen LogP contribution in [0.2, 0.25) is 0 Å². The van der Waals surface area contributed by atoms with Crippen molar-refractivity contribution in [2.24, 2.45) is 0 Å². The number of hydrogen-bond acceptors (Lipinski definition) is 2. The Labute approximate surface area is 124 Å². The summed E-state index contributed by atoms with van der Waals surface area (Å²) in [6, 6.07) is 16.5. The molecule has 1 saturated heterocycles. The number of Topliss-reactive ketones (excluding diaryl/α,β-unsaturated/α-hetero) is 1. The highest BCUT2D eigenvalue weighted by atomic mass is 19.1. The zero-order valence-corrected chi connectivity index (χ0v) is 11.8. The van der Waals surface area contributed by atoms with Gasteiger partial charge in [-0.15, -0.1) is 0 Å². The van der Waals surface area contributed by atoms with Crippen molar-refractivity contribution in [2.45, 2.75) is 18.9 Å². The van der Waals surface area contributed by atoms with Gasteiger partial charge in [-0.3, -0.25) is 9.69 Å².